The zero-order valence-electron chi connectivity index (χ0n) is 11.1. The molecule has 0 amide bonds. The van der Waals surface area contributed by atoms with Crippen molar-refractivity contribution in [2.45, 2.75) is 18.9 Å². The topological polar surface area (TPSA) is 46.0 Å². The van der Waals surface area contributed by atoms with Crippen molar-refractivity contribution < 1.29 is 5.11 Å². The summed E-state index contributed by atoms with van der Waals surface area (Å²) in [5.41, 5.74) is 3.04. The first-order valence-electron chi connectivity index (χ1n) is 6.74. The van der Waals surface area contributed by atoms with E-state index in [1.54, 1.807) is 12.4 Å². The standard InChI is InChI=1S/C17H16N2O/c20-17(8-5-13-3-1-9-18-12-13)15-6-7-16-14(11-15)4-2-10-19-16/h1-4,6-7,9-12,17,20H,5,8H2. The van der Waals surface area contributed by atoms with Crippen molar-refractivity contribution in [1.82, 2.24) is 9.97 Å². The second-order valence-electron chi connectivity index (χ2n) is 4.87. The van der Waals surface area contributed by atoms with Crippen LogP contribution in [0.5, 0.6) is 0 Å². The lowest BCUT2D eigenvalue weighted by atomic mass is 10.0. The van der Waals surface area contributed by atoms with Gasteiger partial charge < -0.3 is 5.11 Å². The lowest BCUT2D eigenvalue weighted by Gasteiger charge is -2.11. The maximum absolute atomic E-state index is 10.3. The Hall–Kier alpha value is -2.26. The van der Waals surface area contributed by atoms with Crippen LogP contribution in [0.3, 0.4) is 0 Å². The number of pyridine rings is 2. The van der Waals surface area contributed by atoms with E-state index in [2.05, 4.69) is 9.97 Å². The highest BCUT2D eigenvalue weighted by atomic mass is 16.3. The van der Waals surface area contributed by atoms with Crippen molar-refractivity contribution in [1.29, 1.82) is 0 Å². The minimum absolute atomic E-state index is 0.459. The molecule has 20 heavy (non-hydrogen) atoms. The van der Waals surface area contributed by atoms with Crippen molar-refractivity contribution in [2.24, 2.45) is 0 Å². The Kier molecular flexibility index (Phi) is 3.70. The fourth-order valence-electron chi connectivity index (χ4n) is 2.32. The molecule has 2 heterocycles. The molecule has 2 aromatic heterocycles. The van der Waals surface area contributed by atoms with Crippen LogP contribution in [0.4, 0.5) is 0 Å². The van der Waals surface area contributed by atoms with Crippen LogP contribution < -0.4 is 0 Å². The Morgan fingerprint density at radius 1 is 1.05 bits per heavy atom. The largest absolute Gasteiger partial charge is 0.388 e. The van der Waals surface area contributed by atoms with Crippen LogP contribution in [0.25, 0.3) is 10.9 Å². The first-order valence-corrected chi connectivity index (χ1v) is 6.74. The molecule has 3 aromatic rings. The van der Waals surface area contributed by atoms with Gasteiger partial charge in [0.1, 0.15) is 0 Å². The number of aliphatic hydroxyl groups is 1. The molecule has 0 aliphatic carbocycles. The normalized spacial score (nSPS) is 12.4. The monoisotopic (exact) mass is 264 g/mol. The average molecular weight is 264 g/mol. The number of rotatable bonds is 4. The molecule has 3 nitrogen and oxygen atoms in total. The van der Waals surface area contributed by atoms with Crippen LogP contribution >= 0.6 is 0 Å². The third kappa shape index (κ3) is 2.83. The summed E-state index contributed by atoms with van der Waals surface area (Å²) in [4.78, 5) is 8.37. The molecule has 0 fully saturated rings. The Balaban J connectivity index is 1.73. The number of aryl methyl sites for hydroxylation is 1. The number of fused-ring (bicyclic) bond motifs is 1. The van der Waals surface area contributed by atoms with Gasteiger partial charge in [0.25, 0.3) is 0 Å². The number of aromatic nitrogens is 2. The molecule has 3 rings (SSSR count). The van der Waals surface area contributed by atoms with E-state index >= 15 is 0 Å². The van der Waals surface area contributed by atoms with Gasteiger partial charge in [-0.1, -0.05) is 18.2 Å². The lowest BCUT2D eigenvalue weighted by molar-refractivity contribution is 0.168. The number of aliphatic hydroxyl groups excluding tert-OH is 1. The van der Waals surface area contributed by atoms with Gasteiger partial charge in [-0.3, -0.25) is 9.97 Å². The summed E-state index contributed by atoms with van der Waals surface area (Å²) in [5, 5.41) is 11.4. The molecule has 0 saturated heterocycles. The predicted molar refractivity (Wildman–Crippen MR) is 79.3 cm³/mol. The first-order chi connectivity index (χ1) is 9.83. The lowest BCUT2D eigenvalue weighted by Crippen LogP contribution is -2.00. The Morgan fingerprint density at radius 2 is 1.95 bits per heavy atom. The minimum Gasteiger partial charge on any atom is -0.388 e. The van der Waals surface area contributed by atoms with E-state index in [-0.39, 0.29) is 0 Å². The van der Waals surface area contributed by atoms with Crippen LogP contribution in [0.15, 0.2) is 61.1 Å². The predicted octanol–water partition coefficient (Wildman–Crippen LogP) is 3.30. The zero-order valence-corrected chi connectivity index (χ0v) is 11.1. The van der Waals surface area contributed by atoms with Crippen molar-refractivity contribution >= 4 is 10.9 Å². The van der Waals surface area contributed by atoms with Crippen LogP contribution in [-0.2, 0) is 6.42 Å². The fraction of sp³-hybridized carbons (Fsp3) is 0.176. The molecule has 0 spiro atoms. The van der Waals surface area contributed by atoms with Gasteiger partial charge in [-0.2, -0.15) is 0 Å². The highest BCUT2D eigenvalue weighted by Crippen LogP contribution is 2.22. The summed E-state index contributed by atoms with van der Waals surface area (Å²) in [5.74, 6) is 0. The maximum Gasteiger partial charge on any atom is 0.0793 e. The van der Waals surface area contributed by atoms with Gasteiger partial charge >= 0.3 is 0 Å². The van der Waals surface area contributed by atoms with Gasteiger partial charge in [-0.25, -0.2) is 0 Å². The molecule has 0 aliphatic heterocycles. The highest BCUT2D eigenvalue weighted by molar-refractivity contribution is 5.78. The smallest absolute Gasteiger partial charge is 0.0793 e. The number of nitrogens with zero attached hydrogens (tertiary/aromatic N) is 2. The molecule has 0 saturated carbocycles. The van der Waals surface area contributed by atoms with Crippen molar-refractivity contribution in [3.05, 3.63) is 72.2 Å². The molecule has 3 heteroatoms. The van der Waals surface area contributed by atoms with Crippen molar-refractivity contribution in [2.75, 3.05) is 0 Å². The van der Waals surface area contributed by atoms with Crippen LogP contribution in [0.1, 0.15) is 23.7 Å². The van der Waals surface area contributed by atoms with Crippen molar-refractivity contribution in [3.8, 4) is 0 Å². The fourth-order valence-corrected chi connectivity index (χ4v) is 2.32. The number of benzene rings is 1. The van der Waals surface area contributed by atoms with E-state index in [0.717, 1.165) is 28.5 Å². The average Bonchev–Trinajstić information content (AvgIpc) is 2.53. The van der Waals surface area contributed by atoms with Gasteiger partial charge in [0, 0.05) is 24.0 Å². The quantitative estimate of drug-likeness (QED) is 0.786. The summed E-state index contributed by atoms with van der Waals surface area (Å²) < 4.78 is 0. The summed E-state index contributed by atoms with van der Waals surface area (Å²) in [6, 6.07) is 13.8. The summed E-state index contributed by atoms with van der Waals surface area (Å²) in [7, 11) is 0. The first kappa shape index (κ1) is 12.8. The SMILES string of the molecule is OC(CCc1cccnc1)c1ccc2ncccc2c1. The summed E-state index contributed by atoms with van der Waals surface area (Å²) >= 11 is 0. The van der Waals surface area contributed by atoms with E-state index in [4.69, 9.17) is 0 Å². The molecule has 0 radical (unpaired) electrons. The molecule has 1 aromatic carbocycles. The third-order valence-corrected chi connectivity index (χ3v) is 3.44. The van der Waals surface area contributed by atoms with Crippen molar-refractivity contribution in [3.63, 3.8) is 0 Å². The second kappa shape index (κ2) is 5.80. The van der Waals surface area contributed by atoms with E-state index < -0.39 is 6.10 Å². The molecule has 0 bridgehead atoms. The van der Waals surface area contributed by atoms with Gasteiger partial charge in [0.05, 0.1) is 11.6 Å². The van der Waals surface area contributed by atoms with Gasteiger partial charge in [-0.05, 0) is 48.2 Å². The molecular formula is C17H16N2O. The zero-order chi connectivity index (χ0) is 13.8. The van der Waals surface area contributed by atoms with Gasteiger partial charge in [0.15, 0.2) is 0 Å². The molecule has 1 atom stereocenters. The minimum atomic E-state index is -0.459. The Bertz CT molecular complexity index is 697. The molecule has 100 valence electrons. The van der Waals surface area contributed by atoms with Crippen LogP contribution in [0.2, 0.25) is 0 Å². The second-order valence-corrected chi connectivity index (χ2v) is 4.87. The molecule has 1 unspecified atom stereocenters. The molecule has 0 aliphatic rings. The van der Waals surface area contributed by atoms with Crippen LogP contribution in [0, 0.1) is 0 Å². The van der Waals surface area contributed by atoms with Gasteiger partial charge in [-0.15, -0.1) is 0 Å². The summed E-state index contributed by atoms with van der Waals surface area (Å²) in [6.45, 7) is 0. The Morgan fingerprint density at radius 3 is 2.80 bits per heavy atom. The van der Waals surface area contributed by atoms with E-state index in [1.165, 1.54) is 0 Å². The third-order valence-electron chi connectivity index (χ3n) is 3.44. The molecule has 1 N–H and O–H groups in total. The van der Waals surface area contributed by atoms with Gasteiger partial charge in [0.2, 0.25) is 0 Å². The highest BCUT2D eigenvalue weighted by Gasteiger charge is 2.08. The van der Waals surface area contributed by atoms with E-state index in [0.29, 0.717) is 6.42 Å². The van der Waals surface area contributed by atoms with E-state index in [9.17, 15) is 5.11 Å². The number of hydrogen-bond donors (Lipinski definition) is 1. The number of hydrogen-bond acceptors (Lipinski definition) is 3. The summed E-state index contributed by atoms with van der Waals surface area (Å²) in [6.07, 6.45) is 6.44. The van der Waals surface area contributed by atoms with E-state index in [1.807, 2.05) is 48.7 Å². The maximum atomic E-state index is 10.3. The molecular weight excluding hydrogens is 248 g/mol. The Labute approximate surface area is 117 Å². The van der Waals surface area contributed by atoms with Crippen LogP contribution in [-0.4, -0.2) is 15.1 Å².